The van der Waals surface area contributed by atoms with E-state index in [9.17, 15) is 22.8 Å². The molecular formula is C25H22F3NO4. The highest BCUT2D eigenvalue weighted by molar-refractivity contribution is 5.98. The minimum Gasteiger partial charge on any atom is -0.489 e. The van der Waals surface area contributed by atoms with E-state index in [1.807, 2.05) is 30.3 Å². The van der Waals surface area contributed by atoms with Crippen LogP contribution in [0.3, 0.4) is 0 Å². The number of benzene rings is 3. The molecule has 5 nitrogen and oxygen atoms in total. The number of hydrogen-bond donors (Lipinski definition) is 1. The van der Waals surface area contributed by atoms with E-state index < -0.39 is 35.2 Å². The van der Waals surface area contributed by atoms with Gasteiger partial charge in [0.15, 0.2) is 0 Å². The van der Waals surface area contributed by atoms with Crippen LogP contribution in [0.2, 0.25) is 0 Å². The van der Waals surface area contributed by atoms with Gasteiger partial charge in [-0.15, -0.1) is 0 Å². The minimum atomic E-state index is -4.71. The SMILES string of the molecule is COC(=O)[C@@H](Cc1cccc(OCc2ccccc2)c1)NC(=O)c1ccccc1C(F)(F)F. The van der Waals surface area contributed by atoms with Crippen LogP contribution in [0.25, 0.3) is 0 Å². The monoisotopic (exact) mass is 457 g/mol. The molecule has 0 aliphatic heterocycles. The highest BCUT2D eigenvalue weighted by Crippen LogP contribution is 2.31. The molecule has 0 saturated heterocycles. The van der Waals surface area contributed by atoms with Gasteiger partial charge < -0.3 is 14.8 Å². The van der Waals surface area contributed by atoms with Crippen LogP contribution in [0.15, 0.2) is 78.9 Å². The van der Waals surface area contributed by atoms with Crippen molar-refractivity contribution in [2.45, 2.75) is 25.2 Å². The summed E-state index contributed by atoms with van der Waals surface area (Å²) in [5.41, 5.74) is -0.0347. The molecule has 3 rings (SSSR count). The van der Waals surface area contributed by atoms with Gasteiger partial charge in [0.1, 0.15) is 18.4 Å². The molecule has 0 aliphatic rings. The van der Waals surface area contributed by atoms with E-state index in [0.717, 1.165) is 24.8 Å². The predicted molar refractivity (Wildman–Crippen MR) is 116 cm³/mol. The van der Waals surface area contributed by atoms with Crippen LogP contribution in [0.1, 0.15) is 27.0 Å². The van der Waals surface area contributed by atoms with Crippen LogP contribution >= 0.6 is 0 Å². The Kier molecular flexibility index (Phi) is 7.71. The van der Waals surface area contributed by atoms with E-state index >= 15 is 0 Å². The summed E-state index contributed by atoms with van der Waals surface area (Å²) in [5.74, 6) is -1.24. The Labute approximate surface area is 189 Å². The Bertz CT molecular complexity index is 1100. The largest absolute Gasteiger partial charge is 0.489 e. The van der Waals surface area contributed by atoms with Gasteiger partial charge in [-0.3, -0.25) is 4.79 Å². The maximum absolute atomic E-state index is 13.3. The zero-order valence-electron chi connectivity index (χ0n) is 17.8. The highest BCUT2D eigenvalue weighted by atomic mass is 19.4. The van der Waals surface area contributed by atoms with Gasteiger partial charge in [0, 0.05) is 6.42 Å². The van der Waals surface area contributed by atoms with Gasteiger partial charge in [-0.05, 0) is 35.4 Å². The van der Waals surface area contributed by atoms with Crippen molar-refractivity contribution in [1.29, 1.82) is 0 Å². The molecule has 0 spiro atoms. The lowest BCUT2D eigenvalue weighted by Crippen LogP contribution is -2.43. The Morgan fingerprint density at radius 1 is 0.909 bits per heavy atom. The standard InChI is InChI=1S/C25H22F3NO4/c1-32-24(31)22(29-23(30)20-12-5-6-13-21(20)25(26,27)28)15-18-10-7-11-19(14-18)33-16-17-8-3-2-4-9-17/h2-14,22H,15-16H2,1H3,(H,29,30)/t22-/m1/s1. The van der Waals surface area contributed by atoms with Crippen molar-refractivity contribution in [3.63, 3.8) is 0 Å². The molecule has 0 radical (unpaired) electrons. The lowest BCUT2D eigenvalue weighted by atomic mass is 10.0. The van der Waals surface area contributed by atoms with Crippen LogP contribution in [0, 0.1) is 0 Å². The van der Waals surface area contributed by atoms with Crippen LogP contribution in [-0.2, 0) is 28.7 Å². The van der Waals surface area contributed by atoms with E-state index in [2.05, 4.69) is 5.32 Å². The first-order valence-electron chi connectivity index (χ1n) is 10.1. The van der Waals surface area contributed by atoms with Gasteiger partial charge in [0.2, 0.25) is 0 Å². The maximum Gasteiger partial charge on any atom is 0.417 e. The first kappa shape index (κ1) is 23.8. The van der Waals surface area contributed by atoms with Gasteiger partial charge in [-0.1, -0.05) is 54.6 Å². The fraction of sp³-hybridized carbons (Fsp3) is 0.200. The Balaban J connectivity index is 1.74. The third-order valence-corrected chi connectivity index (χ3v) is 4.85. The van der Waals surface area contributed by atoms with E-state index in [-0.39, 0.29) is 6.42 Å². The quantitative estimate of drug-likeness (QED) is 0.494. The van der Waals surface area contributed by atoms with Crippen molar-refractivity contribution in [2.75, 3.05) is 7.11 Å². The van der Waals surface area contributed by atoms with Gasteiger partial charge in [-0.2, -0.15) is 13.2 Å². The molecule has 0 unspecified atom stereocenters. The maximum atomic E-state index is 13.3. The van der Waals surface area contributed by atoms with E-state index in [1.54, 1.807) is 24.3 Å². The summed E-state index contributed by atoms with van der Waals surface area (Å²) >= 11 is 0. The zero-order valence-corrected chi connectivity index (χ0v) is 17.8. The fourth-order valence-corrected chi connectivity index (χ4v) is 3.24. The van der Waals surface area contributed by atoms with E-state index in [1.165, 1.54) is 12.1 Å². The second kappa shape index (κ2) is 10.7. The number of methoxy groups -OCH3 is 1. The lowest BCUT2D eigenvalue weighted by molar-refractivity contribution is -0.142. The van der Waals surface area contributed by atoms with Crippen molar-refractivity contribution in [3.05, 3.63) is 101 Å². The topological polar surface area (TPSA) is 64.6 Å². The number of ether oxygens (including phenoxy) is 2. The fourth-order valence-electron chi connectivity index (χ4n) is 3.24. The Morgan fingerprint density at radius 3 is 2.27 bits per heavy atom. The summed E-state index contributed by atoms with van der Waals surface area (Å²) in [5, 5.41) is 2.37. The normalized spacial score (nSPS) is 12.0. The van der Waals surface area contributed by atoms with Crippen molar-refractivity contribution >= 4 is 11.9 Å². The first-order chi connectivity index (χ1) is 15.8. The smallest absolute Gasteiger partial charge is 0.417 e. The average Bonchev–Trinajstić information content (AvgIpc) is 2.82. The number of nitrogens with one attached hydrogen (secondary N) is 1. The van der Waals surface area contributed by atoms with Crippen molar-refractivity contribution in [3.8, 4) is 5.75 Å². The van der Waals surface area contributed by atoms with Crippen molar-refractivity contribution < 1.29 is 32.2 Å². The van der Waals surface area contributed by atoms with Gasteiger partial charge in [-0.25, -0.2) is 4.79 Å². The predicted octanol–water partition coefficient (Wildman–Crippen LogP) is 4.80. The molecule has 1 amide bonds. The first-order valence-corrected chi connectivity index (χ1v) is 10.1. The average molecular weight is 457 g/mol. The third kappa shape index (κ3) is 6.58. The van der Waals surface area contributed by atoms with Gasteiger partial charge in [0.25, 0.3) is 5.91 Å². The highest BCUT2D eigenvalue weighted by Gasteiger charge is 2.35. The van der Waals surface area contributed by atoms with E-state index in [0.29, 0.717) is 17.9 Å². The molecule has 1 N–H and O–H groups in total. The summed E-state index contributed by atoms with van der Waals surface area (Å²) in [7, 11) is 1.14. The molecule has 0 bridgehead atoms. The van der Waals surface area contributed by atoms with Crippen LogP contribution < -0.4 is 10.1 Å². The van der Waals surface area contributed by atoms with Crippen molar-refractivity contribution in [2.24, 2.45) is 0 Å². The summed E-state index contributed by atoms with van der Waals surface area (Å²) in [4.78, 5) is 24.9. The van der Waals surface area contributed by atoms with Crippen molar-refractivity contribution in [1.82, 2.24) is 5.32 Å². The second-order valence-corrected chi connectivity index (χ2v) is 7.22. The third-order valence-electron chi connectivity index (χ3n) is 4.85. The summed E-state index contributed by atoms with van der Waals surface area (Å²) in [6, 6.07) is 19.6. The molecule has 0 aromatic heterocycles. The molecule has 3 aromatic carbocycles. The number of hydrogen-bond acceptors (Lipinski definition) is 4. The molecule has 1 atom stereocenters. The molecule has 33 heavy (non-hydrogen) atoms. The molecular weight excluding hydrogens is 435 g/mol. The summed E-state index contributed by atoms with van der Waals surface area (Å²) in [6.45, 7) is 0.343. The second-order valence-electron chi connectivity index (χ2n) is 7.22. The molecule has 8 heteroatoms. The number of halogens is 3. The summed E-state index contributed by atoms with van der Waals surface area (Å²) < 4.78 is 50.3. The van der Waals surface area contributed by atoms with Gasteiger partial charge >= 0.3 is 12.1 Å². The van der Waals surface area contributed by atoms with Gasteiger partial charge in [0.05, 0.1) is 18.2 Å². The number of alkyl halides is 3. The van der Waals surface area contributed by atoms with E-state index in [4.69, 9.17) is 9.47 Å². The summed E-state index contributed by atoms with van der Waals surface area (Å²) in [6.07, 6.45) is -4.70. The van der Waals surface area contributed by atoms with Crippen LogP contribution in [0.4, 0.5) is 13.2 Å². The van der Waals surface area contributed by atoms with Crippen LogP contribution in [-0.4, -0.2) is 25.0 Å². The Morgan fingerprint density at radius 2 is 1.58 bits per heavy atom. The number of carbonyl (C=O) groups excluding carboxylic acids is 2. The number of amides is 1. The minimum absolute atomic E-state index is 0.00906. The molecule has 0 saturated carbocycles. The number of rotatable bonds is 8. The molecule has 3 aromatic rings. The lowest BCUT2D eigenvalue weighted by Gasteiger charge is -2.19. The molecule has 172 valence electrons. The molecule has 0 aliphatic carbocycles. The molecule has 0 heterocycles. The zero-order chi connectivity index (χ0) is 23.8. The number of esters is 1. The number of carbonyl (C=O) groups is 2. The molecule has 0 fully saturated rings. The Hall–Kier alpha value is -3.81. The van der Waals surface area contributed by atoms with Crippen LogP contribution in [0.5, 0.6) is 5.75 Å².